The van der Waals surface area contributed by atoms with Gasteiger partial charge in [0.05, 0.1) is 13.2 Å². The predicted octanol–water partition coefficient (Wildman–Crippen LogP) is 4.54. The summed E-state index contributed by atoms with van der Waals surface area (Å²) >= 11 is 0. The molecule has 0 aromatic rings. The van der Waals surface area contributed by atoms with Crippen molar-refractivity contribution < 1.29 is 23.9 Å². The van der Waals surface area contributed by atoms with E-state index in [2.05, 4.69) is 27.7 Å². The van der Waals surface area contributed by atoms with Crippen LogP contribution < -0.4 is 11.5 Å². The lowest BCUT2D eigenvalue weighted by Crippen LogP contribution is -2.38. The zero-order valence-corrected chi connectivity index (χ0v) is 18.8. The van der Waals surface area contributed by atoms with Crippen LogP contribution in [-0.2, 0) is 14.3 Å². The van der Waals surface area contributed by atoms with E-state index in [9.17, 15) is 14.4 Å². The molecule has 2 unspecified atom stereocenters. The molecule has 0 aromatic heterocycles. The Bertz CT molecular complexity index is 708. The first-order chi connectivity index (χ1) is 14.0. The van der Waals surface area contributed by atoms with Crippen LogP contribution in [0, 0.1) is 10.8 Å². The number of hydrogen-bond acceptors (Lipinski definition) is 5. The third-order valence-corrected chi connectivity index (χ3v) is 6.98. The topological polar surface area (TPSA) is 122 Å². The lowest BCUT2D eigenvalue weighted by atomic mass is 9.66. The molecule has 2 aliphatic rings. The minimum Gasteiger partial charge on any atom is -0.449 e. The molecule has 2 aliphatic carbocycles. The second-order valence-corrected chi connectivity index (χ2v) is 9.58. The summed E-state index contributed by atoms with van der Waals surface area (Å²) in [4.78, 5) is 35.8. The molecule has 0 aliphatic heterocycles. The van der Waals surface area contributed by atoms with Crippen LogP contribution in [0.25, 0.3) is 0 Å². The van der Waals surface area contributed by atoms with Crippen molar-refractivity contribution in [3.05, 3.63) is 22.3 Å². The van der Waals surface area contributed by atoms with Crippen LogP contribution in [0.1, 0.15) is 79.1 Å². The van der Waals surface area contributed by atoms with Crippen LogP contribution in [0.4, 0.5) is 9.59 Å². The lowest BCUT2D eigenvalue weighted by molar-refractivity contribution is -0.126. The molecule has 7 heteroatoms. The van der Waals surface area contributed by atoms with Gasteiger partial charge in [-0.05, 0) is 66.2 Å². The molecule has 30 heavy (non-hydrogen) atoms. The molecule has 7 nitrogen and oxygen atoms in total. The van der Waals surface area contributed by atoms with E-state index in [1.165, 1.54) is 22.3 Å². The first kappa shape index (κ1) is 24.0. The third kappa shape index (κ3) is 6.34. The molecule has 0 radical (unpaired) electrons. The number of ketones is 1. The van der Waals surface area contributed by atoms with Crippen molar-refractivity contribution in [1.82, 2.24) is 0 Å². The number of allylic oxidation sites excluding steroid dienone is 4. The standard InChI is InChI=1S/C23H36N2O5/c1-15-5-7-22(9-17(15)3,13-29-20(24)27)11-19(26)12-23(14-30-21(25)28)8-6-16(2)18(4)10-23/h5-14H2,1-4H3,(H2,24,27)(H2,25,28). The van der Waals surface area contributed by atoms with Gasteiger partial charge in [-0.2, -0.15) is 0 Å². The number of nitrogens with two attached hydrogens (primary N) is 2. The van der Waals surface area contributed by atoms with E-state index >= 15 is 0 Å². The Labute approximate surface area is 179 Å². The average molecular weight is 421 g/mol. The summed E-state index contributed by atoms with van der Waals surface area (Å²) in [5, 5.41) is 0. The zero-order valence-electron chi connectivity index (χ0n) is 18.8. The van der Waals surface area contributed by atoms with Gasteiger partial charge in [0.1, 0.15) is 5.78 Å². The third-order valence-electron chi connectivity index (χ3n) is 6.98. The average Bonchev–Trinajstić information content (AvgIpc) is 2.65. The second kappa shape index (κ2) is 9.67. The van der Waals surface area contributed by atoms with Gasteiger partial charge in [-0.15, -0.1) is 0 Å². The molecule has 2 amide bonds. The number of ether oxygens (including phenoxy) is 2. The quantitative estimate of drug-likeness (QED) is 0.558. The fourth-order valence-electron chi connectivity index (χ4n) is 4.93. The SMILES string of the molecule is CC1=C(C)CC(COC(N)=O)(CC(=O)CC2(COC(N)=O)CCC(C)=C(C)C2)CC1. The maximum atomic E-state index is 13.3. The van der Waals surface area contributed by atoms with Gasteiger partial charge in [-0.3, -0.25) is 4.79 Å². The Morgan fingerprint density at radius 2 is 1.10 bits per heavy atom. The number of carbonyl (C=O) groups is 3. The highest BCUT2D eigenvalue weighted by molar-refractivity contribution is 5.80. The smallest absolute Gasteiger partial charge is 0.404 e. The van der Waals surface area contributed by atoms with E-state index < -0.39 is 23.0 Å². The summed E-state index contributed by atoms with van der Waals surface area (Å²) in [5.41, 5.74) is 14.7. The summed E-state index contributed by atoms with van der Waals surface area (Å²) in [7, 11) is 0. The van der Waals surface area contributed by atoms with Crippen molar-refractivity contribution in [2.75, 3.05) is 13.2 Å². The van der Waals surface area contributed by atoms with Crippen LogP contribution >= 0.6 is 0 Å². The summed E-state index contributed by atoms with van der Waals surface area (Å²) in [6.45, 7) is 8.62. The number of rotatable bonds is 8. The van der Waals surface area contributed by atoms with Crippen LogP contribution in [0.2, 0.25) is 0 Å². The summed E-state index contributed by atoms with van der Waals surface area (Å²) in [6.07, 6.45) is 3.70. The maximum absolute atomic E-state index is 13.3. The van der Waals surface area contributed by atoms with Crippen molar-refractivity contribution in [3.8, 4) is 0 Å². The normalized spacial score (nSPS) is 27.1. The summed E-state index contributed by atoms with van der Waals surface area (Å²) < 4.78 is 10.3. The molecular weight excluding hydrogens is 384 g/mol. The molecule has 168 valence electrons. The Hall–Kier alpha value is -2.31. The molecule has 0 fully saturated rings. The minimum atomic E-state index is -0.819. The van der Waals surface area contributed by atoms with Gasteiger partial charge in [0.2, 0.25) is 0 Å². The van der Waals surface area contributed by atoms with Crippen molar-refractivity contribution in [2.24, 2.45) is 22.3 Å². The molecule has 2 atom stereocenters. The van der Waals surface area contributed by atoms with Crippen molar-refractivity contribution in [3.63, 3.8) is 0 Å². The van der Waals surface area contributed by atoms with Crippen LogP contribution in [0.3, 0.4) is 0 Å². The Balaban J connectivity index is 2.18. The van der Waals surface area contributed by atoms with Gasteiger partial charge in [-0.1, -0.05) is 22.3 Å². The predicted molar refractivity (Wildman–Crippen MR) is 115 cm³/mol. The van der Waals surface area contributed by atoms with E-state index in [0.29, 0.717) is 25.7 Å². The van der Waals surface area contributed by atoms with Crippen LogP contribution in [0.5, 0.6) is 0 Å². The maximum Gasteiger partial charge on any atom is 0.404 e. The first-order valence-corrected chi connectivity index (χ1v) is 10.6. The van der Waals surface area contributed by atoms with Crippen molar-refractivity contribution >= 4 is 18.0 Å². The summed E-state index contributed by atoms with van der Waals surface area (Å²) in [6, 6.07) is 0. The molecule has 0 saturated heterocycles. The second-order valence-electron chi connectivity index (χ2n) is 9.58. The number of Topliss-reactive ketones (excluding diaryl/α,β-unsaturated/α-hetero) is 1. The highest BCUT2D eigenvalue weighted by Gasteiger charge is 2.41. The van der Waals surface area contributed by atoms with Gasteiger partial charge in [0.15, 0.2) is 0 Å². The molecule has 0 bridgehead atoms. The molecule has 0 aromatic carbocycles. The Morgan fingerprint density at radius 3 is 1.40 bits per heavy atom. The largest absolute Gasteiger partial charge is 0.449 e. The van der Waals surface area contributed by atoms with Crippen molar-refractivity contribution in [1.29, 1.82) is 0 Å². The van der Waals surface area contributed by atoms with Gasteiger partial charge >= 0.3 is 12.2 Å². The van der Waals surface area contributed by atoms with E-state index in [-0.39, 0.29) is 19.0 Å². The molecule has 2 rings (SSSR count). The molecular formula is C23H36N2O5. The number of primary amides is 2. The van der Waals surface area contributed by atoms with E-state index in [1.54, 1.807) is 0 Å². The number of hydrogen-bond donors (Lipinski definition) is 2. The van der Waals surface area contributed by atoms with E-state index in [4.69, 9.17) is 20.9 Å². The number of carbonyl (C=O) groups excluding carboxylic acids is 3. The highest BCUT2D eigenvalue weighted by atomic mass is 16.5. The summed E-state index contributed by atoms with van der Waals surface area (Å²) in [5.74, 6) is 0.0934. The van der Waals surface area contributed by atoms with Crippen LogP contribution in [0.15, 0.2) is 22.3 Å². The first-order valence-electron chi connectivity index (χ1n) is 10.6. The Morgan fingerprint density at radius 1 is 0.733 bits per heavy atom. The minimum absolute atomic E-state index is 0.0934. The fourth-order valence-corrected chi connectivity index (χ4v) is 4.93. The highest BCUT2D eigenvalue weighted by Crippen LogP contribution is 2.46. The Kier molecular flexibility index (Phi) is 7.72. The van der Waals surface area contributed by atoms with E-state index in [0.717, 1.165) is 25.7 Å². The molecule has 0 saturated carbocycles. The van der Waals surface area contributed by atoms with Crippen molar-refractivity contribution in [2.45, 2.75) is 79.1 Å². The molecule has 0 heterocycles. The molecule has 4 N–H and O–H groups in total. The van der Waals surface area contributed by atoms with Gasteiger partial charge in [0.25, 0.3) is 0 Å². The van der Waals surface area contributed by atoms with E-state index in [1.807, 2.05) is 0 Å². The van der Waals surface area contributed by atoms with Gasteiger partial charge < -0.3 is 20.9 Å². The van der Waals surface area contributed by atoms with Crippen LogP contribution in [-0.4, -0.2) is 31.2 Å². The fraction of sp³-hybridized carbons (Fsp3) is 0.696. The van der Waals surface area contributed by atoms with Gasteiger partial charge in [0, 0.05) is 23.7 Å². The zero-order chi connectivity index (χ0) is 22.5. The lowest BCUT2D eigenvalue weighted by Gasteiger charge is -2.40. The number of amides is 2. The van der Waals surface area contributed by atoms with Gasteiger partial charge in [-0.25, -0.2) is 9.59 Å². The molecule has 0 spiro atoms. The monoisotopic (exact) mass is 420 g/mol.